The number of aliphatic hydroxyl groups excluding tert-OH is 1. The number of hydrogen-bond donors (Lipinski definition) is 3. The van der Waals surface area contributed by atoms with Crippen molar-refractivity contribution in [3.05, 3.63) is 63.4 Å². The molecule has 0 saturated carbocycles. The first-order valence-electron chi connectivity index (χ1n) is 7.67. The third-order valence-electron chi connectivity index (χ3n) is 3.80. The number of nitrogens with one attached hydrogen (secondary N) is 2. The summed E-state index contributed by atoms with van der Waals surface area (Å²) in [4.78, 5) is 37.1. The Balaban J connectivity index is 1.68. The van der Waals surface area contributed by atoms with Gasteiger partial charge in [0.05, 0.1) is 6.61 Å². The Labute approximate surface area is 141 Å². The number of anilines is 1. The van der Waals surface area contributed by atoms with E-state index in [0.717, 1.165) is 0 Å². The van der Waals surface area contributed by atoms with Gasteiger partial charge in [-0.1, -0.05) is 18.2 Å². The van der Waals surface area contributed by atoms with E-state index >= 15 is 0 Å². The summed E-state index contributed by atoms with van der Waals surface area (Å²) < 4.78 is 12.1. The number of hydrogen-bond acceptors (Lipinski definition) is 6. The summed E-state index contributed by atoms with van der Waals surface area (Å²) in [5, 5.41) is 12.0. The lowest BCUT2D eigenvalue weighted by Gasteiger charge is -2.16. The van der Waals surface area contributed by atoms with Crippen molar-refractivity contribution in [1.82, 2.24) is 9.55 Å². The maximum Gasteiger partial charge on any atom is 0.411 e. The highest BCUT2D eigenvalue weighted by molar-refractivity contribution is 5.84. The minimum absolute atomic E-state index is 0.166. The van der Waals surface area contributed by atoms with Crippen molar-refractivity contribution in [2.45, 2.75) is 24.9 Å². The maximum absolute atomic E-state index is 12.0. The van der Waals surface area contributed by atoms with Gasteiger partial charge in [0.2, 0.25) is 0 Å². The Morgan fingerprint density at radius 2 is 2.08 bits per heavy atom. The molecular weight excluding hydrogens is 330 g/mol. The smallest absolute Gasteiger partial charge is 0.411 e. The summed E-state index contributed by atoms with van der Waals surface area (Å²) in [5.41, 5.74) is -0.586. The molecule has 1 amide bonds. The molecule has 0 aliphatic carbocycles. The van der Waals surface area contributed by atoms with Crippen molar-refractivity contribution in [1.29, 1.82) is 0 Å². The molecule has 1 aliphatic rings. The second kappa shape index (κ2) is 7.32. The van der Waals surface area contributed by atoms with Crippen molar-refractivity contribution in [2.75, 3.05) is 11.9 Å². The number of rotatable bonds is 4. The molecule has 1 fully saturated rings. The van der Waals surface area contributed by atoms with Gasteiger partial charge in [-0.15, -0.1) is 0 Å². The van der Waals surface area contributed by atoms with Crippen LogP contribution in [0.2, 0.25) is 0 Å². The van der Waals surface area contributed by atoms with Crippen molar-refractivity contribution >= 4 is 11.8 Å². The molecule has 132 valence electrons. The standard InChI is InChI=1S/C16H17N3O6/c20-9-12-11(25-16(23)17-10-4-2-1-3-5-10)8-14(24-12)19-7-6-13(21)18-15(19)22/h1-7,11-12,14,20H,8-9H2,(H,17,23)(H,18,21,22)/t11-,12+,14+/m0/s1. The third kappa shape index (κ3) is 3.95. The van der Waals surface area contributed by atoms with Crippen molar-refractivity contribution < 1.29 is 19.4 Å². The van der Waals surface area contributed by atoms with Gasteiger partial charge >= 0.3 is 11.8 Å². The Bertz CT molecular complexity index is 847. The van der Waals surface area contributed by atoms with Gasteiger partial charge in [-0.25, -0.2) is 9.59 Å². The summed E-state index contributed by atoms with van der Waals surface area (Å²) in [6.45, 7) is -0.377. The van der Waals surface area contributed by atoms with Gasteiger partial charge in [-0.05, 0) is 12.1 Å². The number of aromatic amines is 1. The lowest BCUT2D eigenvalue weighted by atomic mass is 10.2. The zero-order valence-electron chi connectivity index (χ0n) is 13.1. The molecule has 2 aromatic rings. The first kappa shape index (κ1) is 16.9. The van der Waals surface area contributed by atoms with E-state index in [0.29, 0.717) is 5.69 Å². The quantitative estimate of drug-likeness (QED) is 0.737. The second-order valence-electron chi connectivity index (χ2n) is 5.50. The number of ether oxygens (including phenoxy) is 2. The highest BCUT2D eigenvalue weighted by Crippen LogP contribution is 2.29. The predicted molar refractivity (Wildman–Crippen MR) is 87.3 cm³/mol. The molecule has 25 heavy (non-hydrogen) atoms. The number of aliphatic hydroxyl groups is 1. The monoisotopic (exact) mass is 347 g/mol. The molecule has 1 saturated heterocycles. The van der Waals surface area contributed by atoms with E-state index in [1.54, 1.807) is 24.3 Å². The van der Waals surface area contributed by atoms with Gasteiger partial charge in [0.15, 0.2) is 0 Å². The number of carbonyl (C=O) groups is 1. The Morgan fingerprint density at radius 3 is 2.76 bits per heavy atom. The zero-order valence-corrected chi connectivity index (χ0v) is 13.1. The van der Waals surface area contributed by atoms with Crippen LogP contribution in [0.25, 0.3) is 0 Å². The first-order valence-corrected chi connectivity index (χ1v) is 7.67. The third-order valence-corrected chi connectivity index (χ3v) is 3.80. The summed E-state index contributed by atoms with van der Waals surface area (Å²) >= 11 is 0. The average molecular weight is 347 g/mol. The summed E-state index contributed by atoms with van der Waals surface area (Å²) in [6.07, 6.45) is -1.49. The highest BCUT2D eigenvalue weighted by Gasteiger charge is 2.39. The molecule has 3 atom stereocenters. The van der Waals surface area contributed by atoms with Gasteiger partial charge < -0.3 is 14.6 Å². The van der Waals surface area contributed by atoms with E-state index < -0.39 is 35.8 Å². The maximum atomic E-state index is 12.0. The van der Waals surface area contributed by atoms with E-state index in [-0.39, 0.29) is 13.0 Å². The Hall–Kier alpha value is -2.91. The highest BCUT2D eigenvalue weighted by atomic mass is 16.6. The number of para-hydroxylation sites is 1. The normalized spacial score (nSPS) is 22.5. The zero-order chi connectivity index (χ0) is 17.8. The molecule has 3 rings (SSSR count). The van der Waals surface area contributed by atoms with Crippen LogP contribution in [0, 0.1) is 0 Å². The van der Waals surface area contributed by atoms with E-state index in [1.165, 1.54) is 16.8 Å². The fourth-order valence-electron chi connectivity index (χ4n) is 2.62. The molecule has 1 aliphatic heterocycles. The minimum Gasteiger partial charge on any atom is -0.443 e. The SMILES string of the molecule is O=C(Nc1ccccc1)O[C@H]1C[C@H](n2ccc(=O)[nH]c2=O)O[C@@H]1CO. The molecular formula is C16H17N3O6. The first-order chi connectivity index (χ1) is 12.1. The molecule has 0 bridgehead atoms. The average Bonchev–Trinajstić information content (AvgIpc) is 2.98. The van der Waals surface area contributed by atoms with Gasteiger partial charge in [0, 0.05) is 24.4 Å². The number of carbonyl (C=O) groups excluding carboxylic acids is 1. The van der Waals surface area contributed by atoms with E-state index in [1.807, 2.05) is 6.07 Å². The van der Waals surface area contributed by atoms with Crippen molar-refractivity contribution in [3.8, 4) is 0 Å². The summed E-state index contributed by atoms with van der Waals surface area (Å²) in [7, 11) is 0. The summed E-state index contributed by atoms with van der Waals surface area (Å²) in [6, 6.07) is 9.95. The van der Waals surface area contributed by atoms with Crippen LogP contribution in [-0.2, 0) is 9.47 Å². The van der Waals surface area contributed by atoms with Crippen LogP contribution in [0.3, 0.4) is 0 Å². The molecule has 9 nitrogen and oxygen atoms in total. The van der Waals surface area contributed by atoms with Gasteiger partial charge in [-0.2, -0.15) is 0 Å². The number of H-pyrrole nitrogens is 1. The fraction of sp³-hybridized carbons (Fsp3) is 0.312. The van der Waals surface area contributed by atoms with Gasteiger partial charge in [0.25, 0.3) is 5.56 Å². The van der Waals surface area contributed by atoms with E-state index in [9.17, 15) is 19.5 Å². The Kier molecular flexibility index (Phi) is 4.96. The largest absolute Gasteiger partial charge is 0.443 e. The predicted octanol–water partition coefficient (Wildman–Crippen LogP) is 0.434. The van der Waals surface area contributed by atoms with Crippen LogP contribution in [0.15, 0.2) is 52.2 Å². The molecule has 0 unspecified atom stereocenters. The van der Waals surface area contributed by atoms with E-state index in [4.69, 9.17) is 9.47 Å². The molecule has 1 aromatic heterocycles. The van der Waals surface area contributed by atoms with Gasteiger partial charge in [-0.3, -0.25) is 19.7 Å². The molecule has 2 heterocycles. The van der Waals surface area contributed by atoms with Crippen molar-refractivity contribution in [3.63, 3.8) is 0 Å². The van der Waals surface area contributed by atoms with Crippen LogP contribution in [-0.4, -0.2) is 39.6 Å². The van der Waals surface area contributed by atoms with E-state index in [2.05, 4.69) is 10.3 Å². The minimum atomic E-state index is -0.773. The lowest BCUT2D eigenvalue weighted by Crippen LogP contribution is -2.32. The molecule has 3 N–H and O–H groups in total. The molecule has 0 spiro atoms. The number of nitrogens with zero attached hydrogens (tertiary/aromatic N) is 1. The van der Waals surface area contributed by atoms with Crippen LogP contribution in [0.1, 0.15) is 12.6 Å². The van der Waals surface area contributed by atoms with Crippen LogP contribution >= 0.6 is 0 Å². The molecule has 1 aromatic carbocycles. The topological polar surface area (TPSA) is 123 Å². The number of amides is 1. The van der Waals surface area contributed by atoms with Crippen LogP contribution in [0.5, 0.6) is 0 Å². The molecule has 0 radical (unpaired) electrons. The van der Waals surface area contributed by atoms with Crippen LogP contribution < -0.4 is 16.6 Å². The number of aromatic nitrogens is 2. The second-order valence-corrected chi connectivity index (χ2v) is 5.50. The number of benzene rings is 1. The fourth-order valence-corrected chi connectivity index (χ4v) is 2.62. The van der Waals surface area contributed by atoms with Crippen LogP contribution in [0.4, 0.5) is 10.5 Å². The van der Waals surface area contributed by atoms with Gasteiger partial charge in [0.1, 0.15) is 18.4 Å². The lowest BCUT2D eigenvalue weighted by molar-refractivity contribution is -0.0472. The molecule has 9 heteroatoms. The Morgan fingerprint density at radius 1 is 1.32 bits per heavy atom. The summed E-state index contributed by atoms with van der Waals surface area (Å²) in [5.74, 6) is 0. The van der Waals surface area contributed by atoms with Crippen molar-refractivity contribution in [2.24, 2.45) is 0 Å².